The minimum atomic E-state index is -0.929. The number of rotatable bonds is 11. The van der Waals surface area contributed by atoms with Gasteiger partial charge in [-0.15, -0.1) is 12.4 Å². The number of halogens is 1. The number of hydrogen-bond donors (Lipinski definition) is 1. The summed E-state index contributed by atoms with van der Waals surface area (Å²) in [6, 6.07) is 7.96. The molecule has 0 amide bonds. The van der Waals surface area contributed by atoms with Crippen LogP contribution in [-0.4, -0.2) is 20.6 Å². The lowest BCUT2D eigenvalue weighted by molar-refractivity contribution is -0.131. The van der Waals surface area contributed by atoms with E-state index in [9.17, 15) is 4.79 Å². The molecule has 26 heavy (non-hydrogen) atoms. The highest BCUT2D eigenvalue weighted by molar-refractivity contribution is 5.85. The Balaban J connectivity index is 0.00000338. The van der Waals surface area contributed by atoms with Crippen molar-refractivity contribution in [2.75, 3.05) is 0 Å². The number of aliphatic carboxylic acids is 1. The molecule has 0 aliphatic heterocycles. The van der Waals surface area contributed by atoms with Crippen molar-refractivity contribution in [3.63, 3.8) is 0 Å². The molecular weight excluding hydrogens is 348 g/mol. The van der Waals surface area contributed by atoms with Gasteiger partial charge < -0.3 is 9.67 Å². The predicted molar refractivity (Wildman–Crippen MR) is 109 cm³/mol. The summed E-state index contributed by atoms with van der Waals surface area (Å²) in [5.74, 6) is -0.929. The van der Waals surface area contributed by atoms with Gasteiger partial charge in [0.05, 0.1) is 6.33 Å². The Morgan fingerprint density at radius 2 is 1.81 bits per heavy atom. The van der Waals surface area contributed by atoms with Gasteiger partial charge in [-0.2, -0.15) is 0 Å². The summed E-state index contributed by atoms with van der Waals surface area (Å²) < 4.78 is 2.20. The van der Waals surface area contributed by atoms with Crippen LogP contribution >= 0.6 is 12.4 Å². The van der Waals surface area contributed by atoms with Gasteiger partial charge in [-0.3, -0.25) is 0 Å². The van der Waals surface area contributed by atoms with Crippen molar-refractivity contribution < 1.29 is 9.90 Å². The number of nitrogens with zero attached hydrogens (tertiary/aromatic N) is 2. The van der Waals surface area contributed by atoms with Crippen LogP contribution in [0.15, 0.2) is 42.9 Å². The van der Waals surface area contributed by atoms with Crippen molar-refractivity contribution >= 4 is 24.5 Å². The summed E-state index contributed by atoms with van der Waals surface area (Å²) in [6.07, 6.45) is 15.5. The lowest BCUT2D eigenvalue weighted by atomic mass is 10.1. The topological polar surface area (TPSA) is 55.1 Å². The highest BCUT2D eigenvalue weighted by atomic mass is 35.5. The molecule has 142 valence electrons. The van der Waals surface area contributed by atoms with Crippen LogP contribution in [-0.2, 0) is 17.8 Å². The number of imidazole rings is 1. The number of aromatic nitrogens is 2. The lowest BCUT2D eigenvalue weighted by Crippen LogP contribution is -2.03. The average Bonchev–Trinajstić information content (AvgIpc) is 3.04. The summed E-state index contributed by atoms with van der Waals surface area (Å²) >= 11 is 0. The van der Waals surface area contributed by atoms with E-state index in [0.29, 0.717) is 0 Å². The minimum Gasteiger partial charge on any atom is -0.478 e. The zero-order valence-electron chi connectivity index (χ0n) is 15.4. The summed E-state index contributed by atoms with van der Waals surface area (Å²) in [5.41, 5.74) is 3.36. The van der Waals surface area contributed by atoms with E-state index >= 15 is 0 Å². The maximum Gasteiger partial charge on any atom is 0.328 e. The molecule has 0 radical (unpaired) electrons. The molecule has 2 rings (SSSR count). The third-order valence-corrected chi connectivity index (χ3v) is 4.34. The largest absolute Gasteiger partial charge is 0.478 e. The summed E-state index contributed by atoms with van der Waals surface area (Å²) in [6.45, 7) is 3.04. The van der Waals surface area contributed by atoms with Gasteiger partial charge in [-0.1, -0.05) is 63.3 Å². The standard InChI is InChI=1S/C21H28N2O2.ClH/c1-2-3-4-5-6-7-8-20-15-22-17-23(20)16-19-11-9-18(10-12-19)13-14-21(24)25;/h9-15,17H,2-8,16H2,1H3,(H,24,25);1H/b14-13+;. The molecule has 0 aliphatic rings. The molecule has 0 aliphatic carbocycles. The first kappa shape index (κ1) is 22.0. The van der Waals surface area contributed by atoms with Gasteiger partial charge in [-0.25, -0.2) is 9.78 Å². The molecule has 1 aromatic carbocycles. The molecule has 1 N–H and O–H groups in total. The number of aryl methyl sites for hydroxylation is 1. The van der Waals surface area contributed by atoms with Crippen molar-refractivity contribution in [3.05, 3.63) is 59.7 Å². The van der Waals surface area contributed by atoms with Crippen LogP contribution in [0, 0.1) is 0 Å². The Kier molecular flexibility index (Phi) is 10.4. The monoisotopic (exact) mass is 376 g/mol. The van der Waals surface area contributed by atoms with E-state index in [-0.39, 0.29) is 12.4 Å². The Morgan fingerprint density at radius 1 is 1.12 bits per heavy atom. The van der Waals surface area contributed by atoms with E-state index in [2.05, 4.69) is 16.5 Å². The third kappa shape index (κ3) is 7.87. The molecule has 0 unspecified atom stereocenters. The smallest absolute Gasteiger partial charge is 0.328 e. The van der Waals surface area contributed by atoms with Crippen LogP contribution in [0.3, 0.4) is 0 Å². The first-order valence-corrected chi connectivity index (χ1v) is 9.18. The fourth-order valence-corrected chi connectivity index (χ4v) is 2.88. The van der Waals surface area contributed by atoms with E-state index in [1.165, 1.54) is 49.8 Å². The van der Waals surface area contributed by atoms with E-state index in [4.69, 9.17) is 5.11 Å². The number of hydrogen-bond acceptors (Lipinski definition) is 2. The maximum absolute atomic E-state index is 10.6. The molecule has 1 heterocycles. The summed E-state index contributed by atoms with van der Waals surface area (Å²) in [5, 5.41) is 8.67. The van der Waals surface area contributed by atoms with Gasteiger partial charge >= 0.3 is 5.97 Å². The van der Waals surface area contributed by atoms with Crippen LogP contribution < -0.4 is 0 Å². The normalized spacial score (nSPS) is 10.8. The summed E-state index contributed by atoms with van der Waals surface area (Å²) in [7, 11) is 0. The minimum absolute atomic E-state index is 0. The number of unbranched alkanes of at least 4 members (excludes halogenated alkanes) is 5. The van der Waals surface area contributed by atoms with E-state index in [0.717, 1.165) is 24.6 Å². The second kappa shape index (κ2) is 12.3. The molecule has 0 spiro atoms. The van der Waals surface area contributed by atoms with Gasteiger partial charge in [0.15, 0.2) is 0 Å². The van der Waals surface area contributed by atoms with Crippen LogP contribution in [0.1, 0.15) is 62.3 Å². The molecule has 0 saturated heterocycles. The Morgan fingerprint density at radius 3 is 2.50 bits per heavy atom. The Bertz CT molecular complexity index is 678. The number of carboxylic acids is 1. The number of benzene rings is 1. The van der Waals surface area contributed by atoms with Crippen molar-refractivity contribution in [3.8, 4) is 0 Å². The number of carboxylic acid groups (broad SMARTS) is 1. The van der Waals surface area contributed by atoms with E-state index < -0.39 is 5.97 Å². The summed E-state index contributed by atoms with van der Waals surface area (Å²) in [4.78, 5) is 14.9. The molecule has 0 atom stereocenters. The molecule has 0 fully saturated rings. The van der Waals surface area contributed by atoms with Gasteiger partial charge in [0, 0.05) is 24.5 Å². The van der Waals surface area contributed by atoms with Gasteiger partial charge in [0.2, 0.25) is 0 Å². The first-order chi connectivity index (χ1) is 12.2. The predicted octanol–water partition coefficient (Wildman–Crippen LogP) is 5.35. The lowest BCUT2D eigenvalue weighted by Gasteiger charge is -2.09. The van der Waals surface area contributed by atoms with Crippen molar-refractivity contribution in [2.45, 2.75) is 58.4 Å². The quantitative estimate of drug-likeness (QED) is 0.424. The fraction of sp³-hybridized carbons (Fsp3) is 0.429. The van der Waals surface area contributed by atoms with Crippen LogP contribution in [0.2, 0.25) is 0 Å². The van der Waals surface area contributed by atoms with Crippen LogP contribution in [0.4, 0.5) is 0 Å². The molecule has 0 saturated carbocycles. The molecule has 5 heteroatoms. The maximum atomic E-state index is 10.6. The van der Waals surface area contributed by atoms with E-state index in [1.807, 2.05) is 36.8 Å². The van der Waals surface area contributed by atoms with Crippen molar-refractivity contribution in [2.24, 2.45) is 0 Å². The zero-order valence-corrected chi connectivity index (χ0v) is 16.3. The highest BCUT2D eigenvalue weighted by Crippen LogP contribution is 2.13. The Labute approximate surface area is 162 Å². The van der Waals surface area contributed by atoms with E-state index in [1.54, 1.807) is 6.08 Å². The molecule has 1 aromatic heterocycles. The second-order valence-electron chi connectivity index (χ2n) is 6.44. The highest BCUT2D eigenvalue weighted by Gasteiger charge is 2.03. The van der Waals surface area contributed by atoms with Crippen molar-refractivity contribution in [1.29, 1.82) is 0 Å². The molecule has 2 aromatic rings. The van der Waals surface area contributed by atoms with Crippen LogP contribution in [0.5, 0.6) is 0 Å². The third-order valence-electron chi connectivity index (χ3n) is 4.34. The second-order valence-corrected chi connectivity index (χ2v) is 6.44. The van der Waals surface area contributed by atoms with Crippen molar-refractivity contribution in [1.82, 2.24) is 9.55 Å². The van der Waals surface area contributed by atoms with Gasteiger partial charge in [-0.05, 0) is 30.0 Å². The number of carbonyl (C=O) groups is 1. The molecular formula is C21H29ClN2O2. The van der Waals surface area contributed by atoms with Gasteiger partial charge in [0.1, 0.15) is 0 Å². The van der Waals surface area contributed by atoms with Gasteiger partial charge in [0.25, 0.3) is 0 Å². The first-order valence-electron chi connectivity index (χ1n) is 9.18. The Hall–Kier alpha value is -2.07. The SMILES string of the molecule is CCCCCCCCc1cncn1Cc1ccc(/C=C/C(=O)O)cc1.Cl. The zero-order chi connectivity index (χ0) is 17.9. The van der Waals surface area contributed by atoms with Crippen LogP contribution in [0.25, 0.3) is 6.08 Å². The fourth-order valence-electron chi connectivity index (χ4n) is 2.88. The molecule has 4 nitrogen and oxygen atoms in total. The average molecular weight is 377 g/mol. The molecule has 0 bridgehead atoms.